The number of nitrogens with zero attached hydrogens (tertiary/aromatic N) is 3. The van der Waals surface area contributed by atoms with E-state index in [1.807, 2.05) is 11.0 Å². The molecule has 2 aromatic carbocycles. The van der Waals surface area contributed by atoms with Crippen molar-refractivity contribution >= 4 is 27.5 Å². The Kier molecular flexibility index (Phi) is 5.07. The largest absolute Gasteiger partial charge is 0.457 e. The molecular formula is C21H19N3O4S. The van der Waals surface area contributed by atoms with Crippen LogP contribution in [0.4, 0.5) is 5.69 Å². The summed E-state index contributed by atoms with van der Waals surface area (Å²) in [6.07, 6.45) is 3.55. The highest BCUT2D eigenvalue weighted by Crippen LogP contribution is 2.35. The van der Waals surface area contributed by atoms with Gasteiger partial charge in [-0.15, -0.1) is 4.40 Å². The number of nitriles is 1. The van der Waals surface area contributed by atoms with E-state index < -0.39 is 16.0 Å². The van der Waals surface area contributed by atoms with Gasteiger partial charge in [-0.2, -0.15) is 13.7 Å². The zero-order valence-corrected chi connectivity index (χ0v) is 16.5. The number of amidine groups is 1. The summed E-state index contributed by atoms with van der Waals surface area (Å²) < 4.78 is 34.6. The van der Waals surface area contributed by atoms with Gasteiger partial charge in [0.25, 0.3) is 10.0 Å². The summed E-state index contributed by atoms with van der Waals surface area (Å²) in [5.41, 5.74) is 1.99. The van der Waals surface area contributed by atoms with E-state index >= 15 is 0 Å². The number of hydrogen-bond acceptors (Lipinski definition) is 6. The third-order valence-electron chi connectivity index (χ3n) is 5.04. The summed E-state index contributed by atoms with van der Waals surface area (Å²) in [7, 11) is -3.85. The third-order valence-corrected chi connectivity index (χ3v) is 6.37. The number of esters is 1. The van der Waals surface area contributed by atoms with E-state index in [1.165, 1.54) is 6.07 Å². The molecule has 0 aliphatic carbocycles. The second-order valence-electron chi connectivity index (χ2n) is 7.01. The zero-order valence-electron chi connectivity index (χ0n) is 15.7. The molecule has 0 spiro atoms. The molecule has 0 atom stereocenters. The molecule has 0 radical (unpaired) electrons. The lowest BCUT2D eigenvalue weighted by Gasteiger charge is -2.29. The Morgan fingerprint density at radius 2 is 1.93 bits per heavy atom. The predicted octanol–water partition coefficient (Wildman–Crippen LogP) is 3.40. The van der Waals surface area contributed by atoms with Crippen molar-refractivity contribution in [1.82, 2.24) is 0 Å². The standard InChI is InChI=1S/C21H19N3O4S/c22-13-15-5-7-16(8-6-15)14-28-21(25)17-9-10-18-19(12-17)29(26,27)23-20-4-2-1-3-11-24(18)20/h5-10,12H,1-4,11,14H2. The number of carbonyl (C=O) groups is 1. The Hall–Kier alpha value is -3.18. The molecule has 0 aromatic heterocycles. The molecule has 148 valence electrons. The molecule has 0 unspecified atom stereocenters. The minimum absolute atomic E-state index is 0.0306. The molecule has 2 aliphatic heterocycles. The van der Waals surface area contributed by atoms with E-state index in [0.717, 1.165) is 24.8 Å². The first-order chi connectivity index (χ1) is 14.0. The van der Waals surface area contributed by atoms with Gasteiger partial charge < -0.3 is 9.64 Å². The Morgan fingerprint density at radius 3 is 2.69 bits per heavy atom. The Labute approximate surface area is 169 Å². The minimum atomic E-state index is -3.85. The molecular weight excluding hydrogens is 390 g/mol. The number of benzene rings is 2. The molecule has 1 fully saturated rings. The van der Waals surface area contributed by atoms with Crippen LogP contribution in [0.1, 0.15) is 47.2 Å². The molecule has 2 heterocycles. The van der Waals surface area contributed by atoms with E-state index in [9.17, 15) is 13.2 Å². The SMILES string of the molecule is N#Cc1ccc(COC(=O)c2ccc3c(c2)S(=O)(=O)N=C2CCCCCN23)cc1. The Bertz CT molecular complexity index is 1130. The van der Waals surface area contributed by atoms with Crippen molar-refractivity contribution < 1.29 is 17.9 Å². The second kappa shape index (κ2) is 7.68. The highest BCUT2D eigenvalue weighted by molar-refractivity contribution is 7.90. The van der Waals surface area contributed by atoms with Gasteiger partial charge in [-0.1, -0.05) is 18.6 Å². The smallest absolute Gasteiger partial charge is 0.338 e. The number of fused-ring (bicyclic) bond motifs is 3. The van der Waals surface area contributed by atoms with Crippen LogP contribution in [0, 0.1) is 11.3 Å². The van der Waals surface area contributed by atoms with Crippen molar-refractivity contribution in [3.05, 3.63) is 59.2 Å². The Balaban J connectivity index is 1.56. The lowest BCUT2D eigenvalue weighted by molar-refractivity contribution is 0.0472. The number of rotatable bonds is 3. The van der Waals surface area contributed by atoms with Gasteiger partial charge in [-0.25, -0.2) is 4.79 Å². The number of ether oxygens (including phenoxy) is 1. The molecule has 2 aromatic rings. The van der Waals surface area contributed by atoms with Gasteiger partial charge in [0.2, 0.25) is 0 Å². The molecule has 0 bridgehead atoms. The lowest BCUT2D eigenvalue weighted by Crippen LogP contribution is -2.35. The second-order valence-corrected chi connectivity index (χ2v) is 8.58. The highest BCUT2D eigenvalue weighted by atomic mass is 32.2. The van der Waals surface area contributed by atoms with Gasteiger partial charge in [0.1, 0.15) is 17.3 Å². The topological polar surface area (TPSA) is 99.8 Å². The molecule has 0 amide bonds. The van der Waals surface area contributed by atoms with E-state index in [4.69, 9.17) is 10.00 Å². The van der Waals surface area contributed by atoms with Crippen LogP contribution in [-0.4, -0.2) is 26.8 Å². The summed E-state index contributed by atoms with van der Waals surface area (Å²) in [6.45, 7) is 0.743. The summed E-state index contributed by atoms with van der Waals surface area (Å²) in [5, 5.41) is 8.83. The van der Waals surface area contributed by atoms with Crippen LogP contribution in [0.15, 0.2) is 51.8 Å². The number of sulfonamides is 1. The summed E-state index contributed by atoms with van der Waals surface area (Å²) in [6, 6.07) is 13.3. The third kappa shape index (κ3) is 3.87. The Morgan fingerprint density at radius 1 is 1.14 bits per heavy atom. The average Bonchev–Trinajstić information content (AvgIpc) is 2.97. The van der Waals surface area contributed by atoms with Crippen LogP contribution >= 0.6 is 0 Å². The van der Waals surface area contributed by atoms with Crippen LogP contribution in [-0.2, 0) is 21.4 Å². The van der Waals surface area contributed by atoms with E-state index in [2.05, 4.69) is 4.40 Å². The number of carbonyl (C=O) groups excluding carboxylic acids is 1. The van der Waals surface area contributed by atoms with Gasteiger partial charge in [0.05, 0.1) is 22.9 Å². The van der Waals surface area contributed by atoms with Crippen molar-refractivity contribution in [2.45, 2.75) is 37.2 Å². The van der Waals surface area contributed by atoms with Crippen molar-refractivity contribution in [3.8, 4) is 6.07 Å². The predicted molar refractivity (Wildman–Crippen MR) is 107 cm³/mol. The molecule has 4 rings (SSSR count). The van der Waals surface area contributed by atoms with Gasteiger partial charge in [0.15, 0.2) is 0 Å². The fraction of sp³-hybridized carbons (Fsp3) is 0.286. The molecule has 7 nitrogen and oxygen atoms in total. The van der Waals surface area contributed by atoms with Gasteiger partial charge in [-0.3, -0.25) is 0 Å². The first-order valence-corrected chi connectivity index (χ1v) is 10.8. The fourth-order valence-electron chi connectivity index (χ4n) is 3.51. The monoisotopic (exact) mass is 409 g/mol. The van der Waals surface area contributed by atoms with Crippen LogP contribution in [0.3, 0.4) is 0 Å². The van der Waals surface area contributed by atoms with Gasteiger partial charge in [-0.05, 0) is 48.7 Å². The van der Waals surface area contributed by atoms with Crippen LogP contribution in [0.2, 0.25) is 0 Å². The average molecular weight is 409 g/mol. The zero-order chi connectivity index (χ0) is 20.4. The summed E-state index contributed by atoms with van der Waals surface area (Å²) in [4.78, 5) is 14.4. The number of anilines is 1. The minimum Gasteiger partial charge on any atom is -0.457 e. The van der Waals surface area contributed by atoms with Crippen molar-refractivity contribution in [3.63, 3.8) is 0 Å². The quantitative estimate of drug-likeness (QED) is 0.721. The molecule has 8 heteroatoms. The fourth-order valence-corrected chi connectivity index (χ4v) is 4.80. The van der Waals surface area contributed by atoms with E-state index in [-0.39, 0.29) is 17.1 Å². The maximum Gasteiger partial charge on any atom is 0.338 e. The van der Waals surface area contributed by atoms with E-state index in [1.54, 1.807) is 36.4 Å². The highest BCUT2D eigenvalue weighted by Gasteiger charge is 2.32. The van der Waals surface area contributed by atoms with Gasteiger partial charge in [0, 0.05) is 13.0 Å². The van der Waals surface area contributed by atoms with Crippen molar-refractivity contribution in [2.75, 3.05) is 11.4 Å². The summed E-state index contributed by atoms with van der Waals surface area (Å²) in [5.74, 6) is -0.0378. The molecule has 0 saturated carbocycles. The van der Waals surface area contributed by atoms with Crippen LogP contribution in [0.5, 0.6) is 0 Å². The number of hydrogen-bond donors (Lipinski definition) is 0. The van der Waals surface area contributed by atoms with Crippen molar-refractivity contribution in [2.24, 2.45) is 4.40 Å². The maximum absolute atomic E-state index is 12.7. The normalized spacial score (nSPS) is 17.2. The lowest BCUT2D eigenvalue weighted by atomic mass is 10.1. The maximum atomic E-state index is 12.7. The van der Waals surface area contributed by atoms with Crippen molar-refractivity contribution in [1.29, 1.82) is 5.26 Å². The molecule has 1 saturated heterocycles. The molecule has 0 N–H and O–H groups in total. The van der Waals surface area contributed by atoms with Gasteiger partial charge >= 0.3 is 5.97 Å². The van der Waals surface area contributed by atoms with Crippen LogP contribution in [0.25, 0.3) is 0 Å². The van der Waals surface area contributed by atoms with E-state index in [0.29, 0.717) is 30.1 Å². The first kappa shape index (κ1) is 19.2. The first-order valence-electron chi connectivity index (χ1n) is 9.39. The molecule has 2 aliphatic rings. The van der Waals surface area contributed by atoms with Crippen LogP contribution < -0.4 is 4.90 Å². The summed E-state index contributed by atoms with van der Waals surface area (Å²) >= 11 is 0. The molecule has 29 heavy (non-hydrogen) atoms.